The highest BCUT2D eigenvalue weighted by Crippen LogP contribution is 2.30. The highest BCUT2D eigenvalue weighted by atomic mass is 32.2. The van der Waals surface area contributed by atoms with E-state index in [1.54, 1.807) is 10.9 Å². The molecule has 20 heavy (non-hydrogen) atoms. The van der Waals surface area contributed by atoms with Crippen molar-refractivity contribution in [3.8, 4) is 0 Å². The van der Waals surface area contributed by atoms with Crippen molar-refractivity contribution in [2.75, 3.05) is 0 Å². The molecule has 102 valence electrons. The van der Waals surface area contributed by atoms with Gasteiger partial charge in [0.25, 0.3) is 0 Å². The maximum atomic E-state index is 9.15. The van der Waals surface area contributed by atoms with E-state index in [0.29, 0.717) is 11.0 Å². The second-order valence-electron chi connectivity index (χ2n) is 4.37. The molecule has 0 saturated carbocycles. The van der Waals surface area contributed by atoms with E-state index >= 15 is 0 Å². The number of hydrogen-bond acceptors (Lipinski definition) is 6. The maximum Gasteiger partial charge on any atom is 0.197 e. The van der Waals surface area contributed by atoms with Crippen LogP contribution in [0, 0.1) is 6.92 Å². The predicted octanol–water partition coefficient (Wildman–Crippen LogP) is 1.71. The zero-order chi connectivity index (χ0) is 14.1. The number of aliphatic hydroxyl groups excluding tert-OH is 1. The molecule has 2 heterocycles. The first-order valence-corrected chi connectivity index (χ1v) is 6.89. The molecule has 1 N–H and O–H groups in total. The average Bonchev–Trinajstić information content (AvgIpc) is 2.81. The van der Waals surface area contributed by atoms with Gasteiger partial charge in [-0.1, -0.05) is 18.2 Å². The van der Waals surface area contributed by atoms with Gasteiger partial charge in [0.1, 0.15) is 18.0 Å². The lowest BCUT2D eigenvalue weighted by Gasteiger charge is -2.06. The Bertz CT molecular complexity index is 771. The van der Waals surface area contributed by atoms with Gasteiger partial charge in [-0.3, -0.25) is 0 Å². The normalized spacial score (nSPS) is 11.2. The molecule has 0 fully saturated rings. The number of benzene rings is 1. The smallest absolute Gasteiger partial charge is 0.197 e. The molecule has 0 spiro atoms. The van der Waals surface area contributed by atoms with Crippen LogP contribution in [0.4, 0.5) is 0 Å². The molecule has 3 rings (SSSR count). The fourth-order valence-corrected chi connectivity index (χ4v) is 2.82. The first kappa shape index (κ1) is 13.0. The molecule has 0 unspecified atom stereocenters. The van der Waals surface area contributed by atoms with Crippen molar-refractivity contribution in [1.29, 1.82) is 0 Å². The van der Waals surface area contributed by atoms with Crippen molar-refractivity contribution in [3.05, 3.63) is 35.9 Å². The van der Waals surface area contributed by atoms with Crippen molar-refractivity contribution < 1.29 is 5.11 Å². The Hall–Kier alpha value is -1.99. The van der Waals surface area contributed by atoms with Crippen molar-refractivity contribution in [2.45, 2.75) is 23.7 Å². The van der Waals surface area contributed by atoms with Crippen molar-refractivity contribution >= 4 is 22.7 Å². The van der Waals surface area contributed by atoms with E-state index in [-0.39, 0.29) is 6.61 Å². The summed E-state index contributed by atoms with van der Waals surface area (Å²) in [5.74, 6) is 0.530. The summed E-state index contributed by atoms with van der Waals surface area (Å²) < 4.78 is 1.76. The summed E-state index contributed by atoms with van der Waals surface area (Å²) in [7, 11) is 1.82. The van der Waals surface area contributed by atoms with Gasteiger partial charge in [0.15, 0.2) is 11.0 Å². The minimum absolute atomic E-state index is 0.131. The first-order chi connectivity index (χ1) is 9.70. The van der Waals surface area contributed by atoms with Crippen molar-refractivity contribution in [1.82, 2.24) is 24.7 Å². The quantitative estimate of drug-likeness (QED) is 0.739. The van der Waals surface area contributed by atoms with E-state index in [1.807, 2.05) is 32.2 Å². The molecule has 0 aliphatic rings. The third-order valence-corrected chi connectivity index (χ3v) is 4.14. The second kappa shape index (κ2) is 5.18. The fourth-order valence-electron chi connectivity index (χ4n) is 1.95. The number of nitrogens with zero attached hydrogens (tertiary/aromatic N) is 5. The van der Waals surface area contributed by atoms with Crippen LogP contribution in [0.2, 0.25) is 0 Å². The molecule has 6 nitrogen and oxygen atoms in total. The standard InChI is InChI=1S/C13H13N5OS/c1-8-4-3-5-9-11(8)14-7-15-12(9)20-13-17-16-10(6-19)18(13)2/h3-5,7,19H,6H2,1-2H3. The van der Waals surface area contributed by atoms with Gasteiger partial charge in [0.2, 0.25) is 0 Å². The topological polar surface area (TPSA) is 76.7 Å². The van der Waals surface area contributed by atoms with Crippen LogP contribution in [0.25, 0.3) is 10.9 Å². The number of hydrogen-bond donors (Lipinski definition) is 1. The van der Waals surface area contributed by atoms with Crippen molar-refractivity contribution in [2.24, 2.45) is 7.05 Å². The SMILES string of the molecule is Cc1cccc2c(Sc3nnc(CO)n3C)ncnc12. The number of aliphatic hydroxyl groups is 1. The molecule has 0 bridgehead atoms. The van der Waals surface area contributed by atoms with E-state index in [1.165, 1.54) is 11.8 Å². The molecule has 0 amide bonds. The summed E-state index contributed by atoms with van der Waals surface area (Å²) in [6, 6.07) is 6.00. The summed E-state index contributed by atoms with van der Waals surface area (Å²) in [5, 5.41) is 19.7. The van der Waals surface area contributed by atoms with E-state index in [0.717, 1.165) is 21.5 Å². The van der Waals surface area contributed by atoms with E-state index in [2.05, 4.69) is 20.2 Å². The zero-order valence-electron chi connectivity index (χ0n) is 11.1. The molecule has 0 atom stereocenters. The largest absolute Gasteiger partial charge is 0.388 e. The van der Waals surface area contributed by atoms with Gasteiger partial charge in [-0.2, -0.15) is 0 Å². The Morgan fingerprint density at radius 2 is 2.10 bits per heavy atom. The Kier molecular flexibility index (Phi) is 3.37. The van der Waals surface area contributed by atoms with Gasteiger partial charge in [0, 0.05) is 12.4 Å². The monoisotopic (exact) mass is 287 g/mol. The molecule has 0 aliphatic heterocycles. The van der Waals surface area contributed by atoms with Crippen LogP contribution in [0.3, 0.4) is 0 Å². The molecule has 2 aromatic heterocycles. The van der Waals surface area contributed by atoms with Crippen LogP contribution >= 0.6 is 11.8 Å². The number of rotatable bonds is 3. The fraction of sp³-hybridized carbons (Fsp3) is 0.231. The highest BCUT2D eigenvalue weighted by molar-refractivity contribution is 7.99. The Balaban J connectivity index is 2.07. The molecule has 0 radical (unpaired) electrons. The minimum Gasteiger partial charge on any atom is -0.388 e. The van der Waals surface area contributed by atoms with E-state index in [9.17, 15) is 0 Å². The molecule has 7 heteroatoms. The van der Waals surface area contributed by atoms with Crippen LogP contribution in [0.1, 0.15) is 11.4 Å². The molecule has 1 aromatic carbocycles. The summed E-state index contributed by atoms with van der Waals surface area (Å²) >= 11 is 1.42. The minimum atomic E-state index is -0.131. The van der Waals surface area contributed by atoms with Crippen LogP contribution < -0.4 is 0 Å². The average molecular weight is 287 g/mol. The highest BCUT2D eigenvalue weighted by Gasteiger charge is 2.13. The molecule has 3 aromatic rings. The Morgan fingerprint density at radius 3 is 2.85 bits per heavy atom. The number of aryl methyl sites for hydroxylation is 1. The molecule has 0 saturated heterocycles. The summed E-state index contributed by atoms with van der Waals surface area (Å²) in [5.41, 5.74) is 2.05. The van der Waals surface area contributed by atoms with Gasteiger partial charge in [-0.15, -0.1) is 10.2 Å². The Morgan fingerprint density at radius 1 is 1.25 bits per heavy atom. The van der Waals surface area contributed by atoms with Gasteiger partial charge in [0.05, 0.1) is 5.52 Å². The second-order valence-corrected chi connectivity index (χ2v) is 5.32. The van der Waals surface area contributed by atoms with Crippen LogP contribution in [0.5, 0.6) is 0 Å². The maximum absolute atomic E-state index is 9.15. The molecule has 0 aliphatic carbocycles. The third kappa shape index (κ3) is 2.14. The van der Waals surface area contributed by atoms with E-state index < -0.39 is 0 Å². The van der Waals surface area contributed by atoms with E-state index in [4.69, 9.17) is 5.11 Å². The summed E-state index contributed by atoms with van der Waals surface area (Å²) in [6.07, 6.45) is 1.56. The number of aromatic nitrogens is 5. The van der Waals surface area contributed by atoms with Crippen molar-refractivity contribution in [3.63, 3.8) is 0 Å². The first-order valence-electron chi connectivity index (χ1n) is 6.08. The lowest BCUT2D eigenvalue weighted by atomic mass is 10.1. The number of para-hydroxylation sites is 1. The van der Waals surface area contributed by atoms with Crippen LogP contribution in [-0.2, 0) is 13.7 Å². The zero-order valence-corrected chi connectivity index (χ0v) is 11.9. The van der Waals surface area contributed by atoms with Gasteiger partial charge >= 0.3 is 0 Å². The van der Waals surface area contributed by atoms with Crippen LogP contribution in [0.15, 0.2) is 34.7 Å². The lowest BCUT2D eigenvalue weighted by molar-refractivity contribution is 0.266. The lowest BCUT2D eigenvalue weighted by Crippen LogP contribution is -1.98. The number of fused-ring (bicyclic) bond motifs is 1. The summed E-state index contributed by atoms with van der Waals surface area (Å²) in [6.45, 7) is 1.89. The van der Waals surface area contributed by atoms with Gasteiger partial charge in [-0.05, 0) is 24.2 Å². The molecular formula is C13H13N5OS. The van der Waals surface area contributed by atoms with Gasteiger partial charge < -0.3 is 9.67 Å². The molecular weight excluding hydrogens is 274 g/mol. The Labute approximate surface area is 119 Å². The predicted molar refractivity (Wildman–Crippen MR) is 75.3 cm³/mol. The van der Waals surface area contributed by atoms with Crippen LogP contribution in [-0.4, -0.2) is 29.8 Å². The summed E-state index contributed by atoms with van der Waals surface area (Å²) in [4.78, 5) is 8.65. The third-order valence-electron chi connectivity index (χ3n) is 3.08. The van der Waals surface area contributed by atoms with Gasteiger partial charge in [-0.25, -0.2) is 9.97 Å².